The van der Waals surface area contributed by atoms with E-state index in [9.17, 15) is 12.8 Å². The highest BCUT2D eigenvalue weighted by Crippen LogP contribution is 2.30. The van der Waals surface area contributed by atoms with Crippen LogP contribution in [0.1, 0.15) is 12.8 Å². The van der Waals surface area contributed by atoms with E-state index in [1.807, 2.05) is 19.3 Å². The van der Waals surface area contributed by atoms with Crippen LogP contribution in [0.2, 0.25) is 0 Å². The summed E-state index contributed by atoms with van der Waals surface area (Å²) in [4.78, 5) is 14.4. The summed E-state index contributed by atoms with van der Waals surface area (Å²) in [5.41, 5.74) is 2.62. The molecule has 1 aliphatic heterocycles. The van der Waals surface area contributed by atoms with Crippen LogP contribution in [0, 0.1) is 5.82 Å². The van der Waals surface area contributed by atoms with Gasteiger partial charge in [-0.3, -0.25) is 4.68 Å². The van der Waals surface area contributed by atoms with Crippen LogP contribution in [0.5, 0.6) is 0 Å². The maximum Gasteiger partial charge on any atom is 0.240 e. The van der Waals surface area contributed by atoms with E-state index in [1.54, 1.807) is 10.9 Å². The van der Waals surface area contributed by atoms with Crippen molar-refractivity contribution in [2.45, 2.75) is 23.8 Å². The second-order valence-corrected chi connectivity index (χ2v) is 9.60. The first-order valence-electron chi connectivity index (χ1n) is 10.2. The molecule has 0 unspecified atom stereocenters. The number of nitrogens with one attached hydrogen (secondary N) is 2. The molecule has 0 spiro atoms. The summed E-state index contributed by atoms with van der Waals surface area (Å²) in [5.74, 6) is 0.353. The average Bonchev–Trinajstić information content (AvgIpc) is 3.40. The third-order valence-electron chi connectivity index (χ3n) is 5.66. The molecule has 0 radical (unpaired) electrons. The Balaban J connectivity index is 1.31. The van der Waals surface area contributed by atoms with E-state index >= 15 is 0 Å². The van der Waals surface area contributed by atoms with Gasteiger partial charge in [0.2, 0.25) is 10.0 Å². The van der Waals surface area contributed by atoms with Crippen molar-refractivity contribution in [3.63, 3.8) is 0 Å². The van der Waals surface area contributed by atoms with Crippen LogP contribution >= 0.6 is 0 Å². The van der Waals surface area contributed by atoms with E-state index in [2.05, 4.69) is 29.7 Å². The SMILES string of the molecule is Cn1cc(-c2cc3c(N4CCC(NS(=O)(=O)c5ccc(F)cc5)CC4)ncnc3[nH]2)cn1. The first-order chi connectivity index (χ1) is 15.4. The van der Waals surface area contributed by atoms with Gasteiger partial charge in [0.25, 0.3) is 0 Å². The molecule has 0 aliphatic carbocycles. The number of aryl methyl sites for hydroxylation is 1. The molecular weight excluding hydrogens is 433 g/mol. The fourth-order valence-electron chi connectivity index (χ4n) is 4.00. The number of halogens is 1. The lowest BCUT2D eigenvalue weighted by Gasteiger charge is -2.33. The second kappa shape index (κ2) is 7.99. The first-order valence-corrected chi connectivity index (χ1v) is 11.7. The van der Waals surface area contributed by atoms with E-state index in [0.29, 0.717) is 25.9 Å². The van der Waals surface area contributed by atoms with E-state index < -0.39 is 15.8 Å². The molecule has 32 heavy (non-hydrogen) atoms. The molecule has 166 valence electrons. The van der Waals surface area contributed by atoms with Crippen molar-refractivity contribution in [1.82, 2.24) is 29.5 Å². The maximum atomic E-state index is 13.1. The monoisotopic (exact) mass is 455 g/mol. The number of aromatic amines is 1. The quantitative estimate of drug-likeness (QED) is 0.479. The Morgan fingerprint density at radius 1 is 1.16 bits per heavy atom. The van der Waals surface area contributed by atoms with Crippen molar-refractivity contribution in [3.05, 3.63) is 54.9 Å². The average molecular weight is 456 g/mol. The van der Waals surface area contributed by atoms with E-state index in [4.69, 9.17) is 0 Å². The highest BCUT2D eigenvalue weighted by molar-refractivity contribution is 7.89. The van der Waals surface area contributed by atoms with Crippen molar-refractivity contribution >= 4 is 26.9 Å². The summed E-state index contributed by atoms with van der Waals surface area (Å²) in [7, 11) is -1.83. The van der Waals surface area contributed by atoms with Gasteiger partial charge in [-0.2, -0.15) is 5.10 Å². The molecule has 1 aromatic carbocycles. The van der Waals surface area contributed by atoms with Crippen LogP contribution in [-0.4, -0.2) is 52.3 Å². The number of piperidine rings is 1. The molecule has 2 N–H and O–H groups in total. The molecule has 0 bridgehead atoms. The van der Waals surface area contributed by atoms with Crippen LogP contribution in [0.25, 0.3) is 22.3 Å². The number of sulfonamides is 1. The van der Waals surface area contributed by atoms with Gasteiger partial charge in [-0.1, -0.05) is 0 Å². The van der Waals surface area contributed by atoms with Gasteiger partial charge in [0.05, 0.1) is 22.2 Å². The van der Waals surface area contributed by atoms with E-state index in [1.165, 1.54) is 18.5 Å². The number of aromatic nitrogens is 5. The summed E-state index contributed by atoms with van der Waals surface area (Å²) >= 11 is 0. The molecule has 9 nitrogen and oxygen atoms in total. The van der Waals surface area contributed by atoms with Gasteiger partial charge in [0.1, 0.15) is 23.6 Å². The van der Waals surface area contributed by atoms with Crippen LogP contribution < -0.4 is 9.62 Å². The van der Waals surface area contributed by atoms with Crippen molar-refractivity contribution < 1.29 is 12.8 Å². The Labute approximate surface area is 184 Å². The van der Waals surface area contributed by atoms with Gasteiger partial charge in [0, 0.05) is 37.9 Å². The minimum absolute atomic E-state index is 0.0640. The lowest BCUT2D eigenvalue weighted by Crippen LogP contribution is -2.44. The molecule has 5 rings (SSSR count). The largest absolute Gasteiger partial charge is 0.356 e. The lowest BCUT2D eigenvalue weighted by atomic mass is 10.1. The number of hydrogen-bond donors (Lipinski definition) is 2. The lowest BCUT2D eigenvalue weighted by molar-refractivity contribution is 0.459. The molecule has 1 aliphatic rings. The molecular formula is C21H22FN7O2S. The minimum Gasteiger partial charge on any atom is -0.356 e. The number of anilines is 1. The Morgan fingerprint density at radius 2 is 1.91 bits per heavy atom. The molecule has 3 aromatic heterocycles. The second-order valence-electron chi connectivity index (χ2n) is 7.88. The molecule has 0 saturated carbocycles. The third kappa shape index (κ3) is 3.96. The van der Waals surface area contributed by atoms with Crippen LogP contribution in [0.4, 0.5) is 10.2 Å². The molecule has 4 heterocycles. The summed E-state index contributed by atoms with van der Waals surface area (Å²) in [6.07, 6.45) is 6.51. The van der Waals surface area contributed by atoms with Crippen LogP contribution in [0.15, 0.2) is 53.9 Å². The summed E-state index contributed by atoms with van der Waals surface area (Å²) in [5, 5.41) is 5.13. The Hall–Kier alpha value is -3.31. The fourth-order valence-corrected chi connectivity index (χ4v) is 5.31. The number of H-pyrrole nitrogens is 1. The third-order valence-corrected chi connectivity index (χ3v) is 7.20. The first kappa shape index (κ1) is 20.6. The standard InChI is InChI=1S/C21H22FN7O2S/c1-28-12-14(11-25-28)19-10-18-20(26-19)23-13-24-21(18)29-8-6-16(7-9-29)27-32(30,31)17-4-2-15(22)3-5-17/h2-5,10-13,16,27H,6-9H2,1H3,(H,23,24,26). The fraction of sp³-hybridized carbons (Fsp3) is 0.286. The summed E-state index contributed by atoms with van der Waals surface area (Å²) < 4.78 is 42.8. The van der Waals surface area contributed by atoms with Crippen molar-refractivity contribution in [3.8, 4) is 11.3 Å². The number of nitrogens with zero attached hydrogens (tertiary/aromatic N) is 5. The van der Waals surface area contributed by atoms with Crippen molar-refractivity contribution in [2.24, 2.45) is 7.05 Å². The van der Waals surface area contributed by atoms with Gasteiger partial charge in [-0.25, -0.2) is 27.5 Å². The van der Waals surface area contributed by atoms with Gasteiger partial charge in [-0.05, 0) is 43.2 Å². The summed E-state index contributed by atoms with van der Waals surface area (Å²) in [6, 6.07) is 6.66. The Kier molecular flexibility index (Phi) is 5.14. The van der Waals surface area contributed by atoms with Gasteiger partial charge in [-0.15, -0.1) is 0 Å². The topological polar surface area (TPSA) is 109 Å². The van der Waals surface area contributed by atoms with Gasteiger partial charge in [0.15, 0.2) is 0 Å². The molecule has 4 aromatic rings. The predicted octanol–water partition coefficient (Wildman–Crippen LogP) is 2.44. The normalized spacial score (nSPS) is 15.5. The van der Waals surface area contributed by atoms with E-state index in [0.717, 1.165) is 40.2 Å². The Morgan fingerprint density at radius 3 is 2.59 bits per heavy atom. The highest BCUT2D eigenvalue weighted by atomic mass is 32.2. The minimum atomic E-state index is -3.69. The molecule has 1 saturated heterocycles. The van der Waals surface area contributed by atoms with Gasteiger partial charge < -0.3 is 9.88 Å². The van der Waals surface area contributed by atoms with Crippen molar-refractivity contribution in [2.75, 3.05) is 18.0 Å². The Bertz CT molecular complexity index is 1360. The number of benzene rings is 1. The smallest absolute Gasteiger partial charge is 0.240 e. The van der Waals surface area contributed by atoms with E-state index in [-0.39, 0.29) is 10.9 Å². The van der Waals surface area contributed by atoms with Crippen LogP contribution in [0.3, 0.4) is 0 Å². The van der Waals surface area contributed by atoms with Crippen molar-refractivity contribution in [1.29, 1.82) is 0 Å². The maximum absolute atomic E-state index is 13.1. The van der Waals surface area contributed by atoms with Crippen LogP contribution in [-0.2, 0) is 17.1 Å². The number of hydrogen-bond acceptors (Lipinski definition) is 6. The number of fused-ring (bicyclic) bond motifs is 1. The zero-order chi connectivity index (χ0) is 22.3. The summed E-state index contributed by atoms with van der Waals surface area (Å²) in [6.45, 7) is 1.30. The number of rotatable bonds is 5. The zero-order valence-corrected chi connectivity index (χ0v) is 18.2. The molecule has 1 fully saturated rings. The molecule has 0 amide bonds. The van der Waals surface area contributed by atoms with Gasteiger partial charge >= 0.3 is 0 Å². The predicted molar refractivity (Wildman–Crippen MR) is 118 cm³/mol. The highest BCUT2D eigenvalue weighted by Gasteiger charge is 2.26. The zero-order valence-electron chi connectivity index (χ0n) is 17.4. The molecule has 0 atom stereocenters. The molecule has 11 heteroatoms.